The van der Waals surface area contributed by atoms with Crippen LogP contribution in [0.2, 0.25) is 5.02 Å². The van der Waals surface area contributed by atoms with Crippen LogP contribution in [0.5, 0.6) is 0 Å². The summed E-state index contributed by atoms with van der Waals surface area (Å²) in [5.41, 5.74) is 1.65. The molecule has 21 heavy (non-hydrogen) atoms. The Hall–Kier alpha value is -1.96. The molecule has 2 rings (SSSR count). The molecule has 0 aliphatic heterocycles. The quantitative estimate of drug-likeness (QED) is 0.844. The van der Waals surface area contributed by atoms with Gasteiger partial charge in [-0.25, -0.2) is 12.8 Å². The van der Waals surface area contributed by atoms with Crippen molar-refractivity contribution < 1.29 is 17.6 Å². The summed E-state index contributed by atoms with van der Waals surface area (Å²) >= 11 is 5.77. The Bertz CT molecular complexity index is 780. The van der Waals surface area contributed by atoms with E-state index in [0.29, 0.717) is 0 Å². The van der Waals surface area contributed by atoms with Crippen LogP contribution in [-0.2, 0) is 10.0 Å². The van der Waals surface area contributed by atoms with Gasteiger partial charge in [-0.1, -0.05) is 35.9 Å². The Morgan fingerprint density at radius 3 is 2.33 bits per heavy atom. The first-order valence-electron chi connectivity index (χ1n) is 5.73. The third kappa shape index (κ3) is 3.57. The van der Waals surface area contributed by atoms with Crippen LogP contribution in [0.3, 0.4) is 0 Å². The van der Waals surface area contributed by atoms with Gasteiger partial charge in [0.05, 0.1) is 10.6 Å². The summed E-state index contributed by atoms with van der Waals surface area (Å²) in [6, 6.07) is 10.9. The van der Waals surface area contributed by atoms with Gasteiger partial charge in [0, 0.05) is 0 Å². The summed E-state index contributed by atoms with van der Waals surface area (Å²) in [7, 11) is -4.04. The van der Waals surface area contributed by atoms with Crippen LogP contribution in [0.1, 0.15) is 10.4 Å². The molecule has 0 atom stereocenters. The molecule has 0 saturated heterocycles. The van der Waals surface area contributed by atoms with Crippen LogP contribution < -0.4 is 10.3 Å². The molecule has 1 amide bonds. The van der Waals surface area contributed by atoms with Gasteiger partial charge >= 0.3 is 0 Å². The molecule has 0 heterocycles. The van der Waals surface area contributed by atoms with Gasteiger partial charge in [-0.05, 0) is 24.3 Å². The molecule has 110 valence electrons. The fourth-order valence-electron chi connectivity index (χ4n) is 1.54. The van der Waals surface area contributed by atoms with Gasteiger partial charge in [0.25, 0.3) is 15.9 Å². The number of hydrogen-bond donors (Lipinski definition) is 2. The van der Waals surface area contributed by atoms with E-state index in [1.807, 2.05) is 10.3 Å². The van der Waals surface area contributed by atoms with Crippen LogP contribution in [-0.4, -0.2) is 14.3 Å². The van der Waals surface area contributed by atoms with Gasteiger partial charge < -0.3 is 0 Å². The number of hydrazine groups is 1. The molecule has 0 spiro atoms. The number of halogens is 2. The summed E-state index contributed by atoms with van der Waals surface area (Å²) in [6.45, 7) is 0. The molecule has 2 aromatic rings. The van der Waals surface area contributed by atoms with E-state index in [4.69, 9.17) is 11.6 Å². The first-order chi connectivity index (χ1) is 9.92. The van der Waals surface area contributed by atoms with Gasteiger partial charge in [-0.2, -0.15) is 0 Å². The SMILES string of the molecule is O=C(NNS(=O)(=O)c1ccccc1Cl)c1ccccc1F. The maximum Gasteiger partial charge on any atom is 0.269 e. The van der Waals surface area contributed by atoms with E-state index in [9.17, 15) is 17.6 Å². The number of sulfonamides is 1. The van der Waals surface area contributed by atoms with Gasteiger partial charge in [-0.15, -0.1) is 4.83 Å². The zero-order valence-electron chi connectivity index (χ0n) is 10.5. The van der Waals surface area contributed by atoms with Crippen LogP contribution >= 0.6 is 11.6 Å². The first-order valence-corrected chi connectivity index (χ1v) is 7.59. The van der Waals surface area contributed by atoms with Crippen molar-refractivity contribution in [2.75, 3.05) is 0 Å². The zero-order valence-corrected chi connectivity index (χ0v) is 12.1. The van der Waals surface area contributed by atoms with Gasteiger partial charge in [0.1, 0.15) is 10.7 Å². The number of amides is 1. The molecule has 0 saturated carbocycles. The molecule has 0 radical (unpaired) electrons. The number of nitrogens with one attached hydrogen (secondary N) is 2. The van der Waals surface area contributed by atoms with E-state index in [0.717, 1.165) is 6.07 Å². The fourth-order valence-corrected chi connectivity index (χ4v) is 2.90. The highest BCUT2D eigenvalue weighted by Gasteiger charge is 2.19. The fraction of sp³-hybridized carbons (Fsp3) is 0. The molecule has 0 aliphatic carbocycles. The highest BCUT2D eigenvalue weighted by Crippen LogP contribution is 2.19. The van der Waals surface area contributed by atoms with Crippen molar-refractivity contribution in [1.82, 2.24) is 10.3 Å². The largest absolute Gasteiger partial charge is 0.273 e. The van der Waals surface area contributed by atoms with Gasteiger partial charge in [-0.3, -0.25) is 10.2 Å². The lowest BCUT2D eigenvalue weighted by Crippen LogP contribution is -2.41. The second-order valence-electron chi connectivity index (χ2n) is 3.97. The van der Waals surface area contributed by atoms with Gasteiger partial charge in [0.2, 0.25) is 0 Å². The number of rotatable bonds is 4. The lowest BCUT2D eigenvalue weighted by atomic mass is 10.2. The minimum Gasteiger partial charge on any atom is -0.273 e. The molecular formula is C13H10ClFN2O3S. The summed E-state index contributed by atoms with van der Waals surface area (Å²) < 4.78 is 37.3. The Balaban J connectivity index is 2.15. The highest BCUT2D eigenvalue weighted by molar-refractivity contribution is 7.89. The molecule has 2 aromatic carbocycles. The van der Waals surface area contributed by atoms with Crippen molar-refractivity contribution >= 4 is 27.5 Å². The maximum absolute atomic E-state index is 13.4. The van der Waals surface area contributed by atoms with Crippen molar-refractivity contribution in [2.45, 2.75) is 4.90 Å². The summed E-state index contributed by atoms with van der Waals surface area (Å²) in [4.78, 5) is 13.4. The predicted molar refractivity (Wildman–Crippen MR) is 75.6 cm³/mol. The number of benzene rings is 2. The molecule has 2 N–H and O–H groups in total. The van der Waals surface area contributed by atoms with Crippen molar-refractivity contribution in [2.24, 2.45) is 0 Å². The highest BCUT2D eigenvalue weighted by atomic mass is 35.5. The Morgan fingerprint density at radius 1 is 1.05 bits per heavy atom. The zero-order chi connectivity index (χ0) is 15.5. The van der Waals surface area contributed by atoms with E-state index in [1.165, 1.54) is 36.4 Å². The van der Waals surface area contributed by atoms with Crippen LogP contribution in [0.15, 0.2) is 53.4 Å². The van der Waals surface area contributed by atoms with Crippen molar-refractivity contribution in [3.05, 3.63) is 64.9 Å². The summed E-state index contributed by atoms with van der Waals surface area (Å²) in [6.07, 6.45) is 0. The van der Waals surface area contributed by atoms with Crippen LogP contribution in [0, 0.1) is 5.82 Å². The molecule has 0 aliphatic rings. The summed E-state index contributed by atoms with van der Waals surface area (Å²) in [5, 5.41) is 0.00476. The molecule has 5 nitrogen and oxygen atoms in total. The van der Waals surface area contributed by atoms with Crippen LogP contribution in [0.4, 0.5) is 4.39 Å². The third-order valence-corrected chi connectivity index (χ3v) is 4.29. The average molecular weight is 329 g/mol. The lowest BCUT2D eigenvalue weighted by Gasteiger charge is -2.09. The van der Waals surface area contributed by atoms with E-state index in [1.54, 1.807) is 6.07 Å². The molecule has 0 bridgehead atoms. The average Bonchev–Trinajstić information content (AvgIpc) is 2.45. The van der Waals surface area contributed by atoms with Crippen LogP contribution in [0.25, 0.3) is 0 Å². The minimum absolute atomic E-state index is 0.00476. The minimum atomic E-state index is -4.04. The number of carbonyl (C=O) groups is 1. The first kappa shape index (κ1) is 15.4. The van der Waals surface area contributed by atoms with E-state index < -0.39 is 21.7 Å². The van der Waals surface area contributed by atoms with E-state index in [2.05, 4.69) is 0 Å². The molecule has 8 heteroatoms. The Labute approximate surface area is 125 Å². The Kier molecular flexibility index (Phi) is 4.56. The van der Waals surface area contributed by atoms with Crippen molar-refractivity contribution in [1.29, 1.82) is 0 Å². The molecule has 0 aromatic heterocycles. The molecule has 0 fully saturated rings. The molecular weight excluding hydrogens is 319 g/mol. The second kappa shape index (κ2) is 6.21. The van der Waals surface area contributed by atoms with E-state index >= 15 is 0 Å². The second-order valence-corrected chi connectivity index (χ2v) is 6.03. The maximum atomic E-state index is 13.4. The smallest absolute Gasteiger partial charge is 0.269 e. The van der Waals surface area contributed by atoms with Gasteiger partial charge in [0.15, 0.2) is 0 Å². The topological polar surface area (TPSA) is 75.3 Å². The van der Waals surface area contributed by atoms with E-state index in [-0.39, 0.29) is 15.5 Å². The van der Waals surface area contributed by atoms with Crippen molar-refractivity contribution in [3.8, 4) is 0 Å². The number of carbonyl (C=O) groups excluding carboxylic acids is 1. The summed E-state index contributed by atoms with van der Waals surface area (Å²) in [5.74, 6) is -1.67. The lowest BCUT2D eigenvalue weighted by molar-refractivity contribution is 0.0941. The number of hydrogen-bond acceptors (Lipinski definition) is 3. The predicted octanol–water partition coefficient (Wildman–Crippen LogP) is 2.10. The standard InChI is InChI=1S/C13H10ClFN2O3S/c14-10-6-2-4-8-12(10)21(19,20)17-16-13(18)9-5-1-3-7-11(9)15/h1-8,17H,(H,16,18). The third-order valence-electron chi connectivity index (χ3n) is 2.54. The Morgan fingerprint density at radius 2 is 1.67 bits per heavy atom. The normalized spacial score (nSPS) is 11.1. The monoisotopic (exact) mass is 328 g/mol. The molecule has 0 unspecified atom stereocenters. The van der Waals surface area contributed by atoms with Crippen molar-refractivity contribution in [3.63, 3.8) is 0 Å².